The van der Waals surface area contributed by atoms with Crippen LogP contribution in [0.2, 0.25) is 0 Å². The monoisotopic (exact) mass is 162 g/mol. The Balaban J connectivity index is 2.13. The van der Waals surface area contributed by atoms with Crippen LogP contribution in [0.15, 0.2) is 0 Å². The Morgan fingerprint density at radius 1 is 1.45 bits per heavy atom. The Bertz CT molecular complexity index is 107. The summed E-state index contributed by atoms with van der Waals surface area (Å²) in [6.45, 7) is 3.55. The molecule has 1 rings (SSSR count). The predicted octanol–water partition coefficient (Wildman–Crippen LogP) is -0.778. The normalized spacial score (nSPS) is 23.5. The molecule has 1 heterocycles. The molecule has 0 saturated carbocycles. The minimum Gasteiger partial charge on any atom is -0.389 e. The number of hydrogen-bond acceptors (Lipinski definition) is 3. The number of halogens is 1. The van der Waals surface area contributed by atoms with Crippen molar-refractivity contribution >= 4 is 0 Å². The number of hydrogen-bond donors (Lipinski definition) is 2. The summed E-state index contributed by atoms with van der Waals surface area (Å²) in [5, 5.41) is 12.2. The van der Waals surface area contributed by atoms with Crippen molar-refractivity contribution in [2.24, 2.45) is 0 Å². The van der Waals surface area contributed by atoms with Crippen molar-refractivity contribution in [3.8, 4) is 0 Å². The first-order chi connectivity index (χ1) is 5.33. The molecule has 4 heteroatoms. The topological polar surface area (TPSA) is 35.5 Å². The molecule has 1 aliphatic rings. The Morgan fingerprint density at radius 2 is 2.09 bits per heavy atom. The summed E-state index contributed by atoms with van der Waals surface area (Å²) in [6, 6.07) is 0. The van der Waals surface area contributed by atoms with Gasteiger partial charge in [-0.2, -0.15) is 0 Å². The summed E-state index contributed by atoms with van der Waals surface area (Å²) in [5.41, 5.74) is 0. The molecule has 1 aliphatic heterocycles. The van der Waals surface area contributed by atoms with Crippen molar-refractivity contribution in [2.75, 3.05) is 39.4 Å². The number of β-amino-alcohol motifs (C(OH)–C–C–N with tert-alkyl or cyclic N) is 1. The number of nitrogens with zero attached hydrogens (tertiary/aromatic N) is 1. The van der Waals surface area contributed by atoms with Crippen LogP contribution in [0.25, 0.3) is 0 Å². The Hall–Kier alpha value is -0.190. The highest BCUT2D eigenvalue weighted by Gasteiger charge is 2.13. The minimum absolute atomic E-state index is 0.470. The SMILES string of the molecule is O[C@H](CF)CN1CCNCC1. The van der Waals surface area contributed by atoms with Crippen LogP contribution >= 0.6 is 0 Å². The van der Waals surface area contributed by atoms with E-state index >= 15 is 0 Å². The maximum atomic E-state index is 11.8. The molecule has 1 atom stereocenters. The minimum atomic E-state index is -0.798. The Kier molecular flexibility index (Phi) is 3.76. The highest BCUT2D eigenvalue weighted by molar-refractivity contribution is 4.70. The summed E-state index contributed by atoms with van der Waals surface area (Å²) < 4.78 is 11.8. The van der Waals surface area contributed by atoms with Gasteiger partial charge in [0, 0.05) is 32.7 Å². The lowest BCUT2D eigenvalue weighted by Crippen LogP contribution is -2.46. The second kappa shape index (κ2) is 4.64. The fourth-order valence-corrected chi connectivity index (χ4v) is 1.24. The Labute approximate surface area is 66.2 Å². The molecule has 0 bridgehead atoms. The highest BCUT2D eigenvalue weighted by atomic mass is 19.1. The zero-order chi connectivity index (χ0) is 8.10. The lowest BCUT2D eigenvalue weighted by atomic mass is 10.3. The van der Waals surface area contributed by atoms with Gasteiger partial charge in [-0.3, -0.25) is 4.90 Å². The van der Waals surface area contributed by atoms with Crippen LogP contribution in [0.5, 0.6) is 0 Å². The molecule has 0 aromatic carbocycles. The molecule has 0 aromatic heterocycles. The van der Waals surface area contributed by atoms with Crippen LogP contribution in [-0.2, 0) is 0 Å². The van der Waals surface area contributed by atoms with Crippen molar-refractivity contribution in [1.29, 1.82) is 0 Å². The Morgan fingerprint density at radius 3 is 2.64 bits per heavy atom. The molecular formula is C7H15FN2O. The number of piperazine rings is 1. The summed E-state index contributed by atoms with van der Waals surface area (Å²) in [7, 11) is 0. The molecule has 11 heavy (non-hydrogen) atoms. The van der Waals surface area contributed by atoms with Crippen molar-refractivity contribution in [3.05, 3.63) is 0 Å². The van der Waals surface area contributed by atoms with E-state index in [4.69, 9.17) is 5.11 Å². The third-order valence-electron chi connectivity index (χ3n) is 1.86. The molecule has 0 aromatic rings. The van der Waals surface area contributed by atoms with Gasteiger partial charge in [-0.25, -0.2) is 4.39 Å². The van der Waals surface area contributed by atoms with Crippen molar-refractivity contribution in [1.82, 2.24) is 10.2 Å². The fourth-order valence-electron chi connectivity index (χ4n) is 1.24. The average Bonchev–Trinajstić information content (AvgIpc) is 2.06. The maximum absolute atomic E-state index is 11.8. The molecule has 3 nitrogen and oxygen atoms in total. The zero-order valence-corrected chi connectivity index (χ0v) is 6.59. The van der Waals surface area contributed by atoms with Gasteiger partial charge in [0.15, 0.2) is 0 Å². The third-order valence-corrected chi connectivity index (χ3v) is 1.86. The summed E-state index contributed by atoms with van der Waals surface area (Å²) in [6.07, 6.45) is -0.798. The molecule has 0 aliphatic carbocycles. The van der Waals surface area contributed by atoms with Crippen LogP contribution in [0, 0.1) is 0 Å². The molecule has 0 unspecified atom stereocenters. The average molecular weight is 162 g/mol. The van der Waals surface area contributed by atoms with Gasteiger partial charge in [0.1, 0.15) is 6.67 Å². The van der Waals surface area contributed by atoms with Crippen LogP contribution in [-0.4, -0.2) is 55.5 Å². The van der Waals surface area contributed by atoms with E-state index in [9.17, 15) is 4.39 Å². The van der Waals surface area contributed by atoms with E-state index in [1.165, 1.54) is 0 Å². The quantitative estimate of drug-likeness (QED) is 0.571. The molecule has 2 N–H and O–H groups in total. The lowest BCUT2D eigenvalue weighted by Gasteiger charge is -2.28. The van der Waals surface area contributed by atoms with E-state index in [0.717, 1.165) is 26.2 Å². The summed E-state index contributed by atoms with van der Waals surface area (Å²) >= 11 is 0. The van der Waals surface area contributed by atoms with Gasteiger partial charge in [0.2, 0.25) is 0 Å². The number of aliphatic hydroxyl groups is 1. The van der Waals surface area contributed by atoms with E-state index in [1.54, 1.807) is 0 Å². The molecule has 0 spiro atoms. The number of nitrogens with one attached hydrogen (secondary N) is 1. The maximum Gasteiger partial charge on any atom is 0.117 e. The van der Waals surface area contributed by atoms with Gasteiger partial charge in [-0.15, -0.1) is 0 Å². The zero-order valence-electron chi connectivity index (χ0n) is 6.59. The molecule has 1 saturated heterocycles. The van der Waals surface area contributed by atoms with Gasteiger partial charge in [-0.1, -0.05) is 0 Å². The number of alkyl halides is 1. The van der Waals surface area contributed by atoms with Crippen LogP contribution in [0.4, 0.5) is 4.39 Å². The second-order valence-corrected chi connectivity index (χ2v) is 2.86. The van der Waals surface area contributed by atoms with Crippen molar-refractivity contribution in [3.63, 3.8) is 0 Å². The van der Waals surface area contributed by atoms with Gasteiger partial charge >= 0.3 is 0 Å². The van der Waals surface area contributed by atoms with Gasteiger partial charge in [0.25, 0.3) is 0 Å². The van der Waals surface area contributed by atoms with E-state index in [-0.39, 0.29) is 0 Å². The van der Waals surface area contributed by atoms with E-state index in [2.05, 4.69) is 10.2 Å². The number of rotatable bonds is 3. The lowest BCUT2D eigenvalue weighted by molar-refractivity contribution is 0.0842. The van der Waals surface area contributed by atoms with Gasteiger partial charge in [-0.05, 0) is 0 Å². The van der Waals surface area contributed by atoms with E-state index in [0.29, 0.717) is 6.54 Å². The van der Waals surface area contributed by atoms with Crippen molar-refractivity contribution in [2.45, 2.75) is 6.10 Å². The summed E-state index contributed by atoms with van der Waals surface area (Å²) in [5.74, 6) is 0. The standard InChI is InChI=1S/C7H15FN2O/c8-5-7(11)6-10-3-1-9-2-4-10/h7,9,11H,1-6H2/t7-/m1/s1. The van der Waals surface area contributed by atoms with Crippen LogP contribution < -0.4 is 5.32 Å². The number of aliphatic hydroxyl groups excluding tert-OH is 1. The van der Waals surface area contributed by atoms with Gasteiger partial charge in [0.05, 0.1) is 6.10 Å². The predicted molar refractivity (Wildman–Crippen MR) is 41.3 cm³/mol. The molecule has 66 valence electrons. The second-order valence-electron chi connectivity index (χ2n) is 2.86. The molecule has 1 fully saturated rings. The molecule has 0 radical (unpaired) electrons. The van der Waals surface area contributed by atoms with Crippen LogP contribution in [0.1, 0.15) is 0 Å². The first-order valence-corrected chi connectivity index (χ1v) is 4.00. The smallest absolute Gasteiger partial charge is 0.117 e. The summed E-state index contributed by atoms with van der Waals surface area (Å²) in [4.78, 5) is 2.07. The van der Waals surface area contributed by atoms with Gasteiger partial charge < -0.3 is 10.4 Å². The first-order valence-electron chi connectivity index (χ1n) is 4.00. The molecular weight excluding hydrogens is 147 g/mol. The molecule has 0 amide bonds. The largest absolute Gasteiger partial charge is 0.389 e. The van der Waals surface area contributed by atoms with E-state index in [1.807, 2.05) is 0 Å². The highest BCUT2D eigenvalue weighted by Crippen LogP contribution is 1.95. The fraction of sp³-hybridized carbons (Fsp3) is 1.00. The van der Waals surface area contributed by atoms with E-state index < -0.39 is 12.8 Å². The third kappa shape index (κ3) is 3.14. The van der Waals surface area contributed by atoms with Crippen LogP contribution in [0.3, 0.4) is 0 Å². The van der Waals surface area contributed by atoms with Crippen molar-refractivity contribution < 1.29 is 9.50 Å². The first kappa shape index (κ1) is 8.90.